The number of amides is 1. The van der Waals surface area contributed by atoms with E-state index in [0.29, 0.717) is 16.5 Å². The third-order valence-electron chi connectivity index (χ3n) is 4.59. The van der Waals surface area contributed by atoms with E-state index in [1.807, 2.05) is 56.3 Å². The van der Waals surface area contributed by atoms with Crippen molar-refractivity contribution in [1.82, 2.24) is 10.3 Å². The summed E-state index contributed by atoms with van der Waals surface area (Å²) < 4.78 is 5.85. The number of hydrogen-bond donors (Lipinski definition) is 2. The second-order valence-electron chi connectivity index (χ2n) is 6.94. The zero-order valence-corrected chi connectivity index (χ0v) is 17.9. The number of thiocarbonyl (C=S) groups is 1. The predicted octanol–water partition coefficient (Wildman–Crippen LogP) is 5.89. The largest absolute Gasteiger partial charge is 0.436 e. The Hall–Kier alpha value is -3.22. The van der Waals surface area contributed by atoms with E-state index in [0.717, 1.165) is 33.5 Å². The van der Waals surface area contributed by atoms with Gasteiger partial charge in [-0.3, -0.25) is 10.1 Å². The lowest BCUT2D eigenvalue weighted by Crippen LogP contribution is -2.34. The number of nitrogens with zero attached hydrogens (tertiary/aromatic N) is 1. The van der Waals surface area contributed by atoms with Crippen LogP contribution in [0.1, 0.15) is 21.5 Å². The van der Waals surface area contributed by atoms with E-state index in [-0.39, 0.29) is 11.0 Å². The topological polar surface area (TPSA) is 67.2 Å². The quantitative estimate of drug-likeness (QED) is 0.392. The maximum absolute atomic E-state index is 12.3. The van der Waals surface area contributed by atoms with E-state index >= 15 is 0 Å². The monoisotopic (exact) mass is 435 g/mol. The number of carbonyl (C=O) groups excluding carboxylic acids is 1. The Morgan fingerprint density at radius 2 is 1.80 bits per heavy atom. The first-order chi connectivity index (χ1) is 14.4. The van der Waals surface area contributed by atoms with Crippen molar-refractivity contribution in [2.45, 2.75) is 13.8 Å². The van der Waals surface area contributed by atoms with Crippen LogP contribution in [-0.2, 0) is 0 Å². The van der Waals surface area contributed by atoms with Gasteiger partial charge in [0.25, 0.3) is 5.91 Å². The Balaban J connectivity index is 1.42. The molecule has 0 atom stereocenters. The molecule has 0 saturated carbocycles. The zero-order valence-electron chi connectivity index (χ0n) is 16.3. The number of carbonyl (C=O) groups is 1. The molecule has 4 rings (SSSR count). The Labute approximate surface area is 184 Å². The van der Waals surface area contributed by atoms with Crippen LogP contribution >= 0.6 is 23.8 Å². The summed E-state index contributed by atoms with van der Waals surface area (Å²) in [6.45, 7) is 3.89. The highest BCUT2D eigenvalue weighted by atomic mass is 35.5. The van der Waals surface area contributed by atoms with Crippen molar-refractivity contribution in [3.8, 4) is 11.5 Å². The highest BCUT2D eigenvalue weighted by molar-refractivity contribution is 7.80. The second kappa shape index (κ2) is 8.26. The molecule has 0 aliphatic heterocycles. The number of oxazole rings is 1. The minimum Gasteiger partial charge on any atom is -0.436 e. The lowest BCUT2D eigenvalue weighted by Gasteiger charge is -2.10. The molecule has 4 aromatic rings. The minimum absolute atomic E-state index is 0.196. The van der Waals surface area contributed by atoms with E-state index in [1.54, 1.807) is 18.2 Å². The summed E-state index contributed by atoms with van der Waals surface area (Å²) in [6, 6.07) is 18.5. The lowest BCUT2D eigenvalue weighted by atomic mass is 10.1. The van der Waals surface area contributed by atoms with Crippen molar-refractivity contribution in [3.63, 3.8) is 0 Å². The predicted molar refractivity (Wildman–Crippen MR) is 124 cm³/mol. The molecule has 0 spiro atoms. The van der Waals surface area contributed by atoms with Crippen LogP contribution in [0.3, 0.4) is 0 Å². The molecule has 0 saturated heterocycles. The summed E-state index contributed by atoms with van der Waals surface area (Å²) in [4.78, 5) is 16.9. The summed E-state index contributed by atoms with van der Waals surface area (Å²) in [5.41, 5.74) is 5.62. The molecule has 5 nitrogen and oxygen atoms in total. The number of aromatic nitrogens is 1. The van der Waals surface area contributed by atoms with Gasteiger partial charge in [0.15, 0.2) is 10.7 Å². The molecule has 1 heterocycles. The van der Waals surface area contributed by atoms with E-state index in [2.05, 4.69) is 15.6 Å². The molecule has 1 aromatic heterocycles. The van der Waals surface area contributed by atoms with Crippen LogP contribution in [-0.4, -0.2) is 16.0 Å². The number of hydrogen-bond acceptors (Lipinski definition) is 4. The summed E-state index contributed by atoms with van der Waals surface area (Å²) in [6.07, 6.45) is 0. The highest BCUT2D eigenvalue weighted by Crippen LogP contribution is 2.26. The maximum atomic E-state index is 12.3. The van der Waals surface area contributed by atoms with E-state index in [4.69, 9.17) is 28.2 Å². The Morgan fingerprint density at radius 1 is 1.03 bits per heavy atom. The van der Waals surface area contributed by atoms with Gasteiger partial charge < -0.3 is 9.73 Å². The van der Waals surface area contributed by atoms with Crippen LogP contribution in [0, 0.1) is 13.8 Å². The molecule has 0 bridgehead atoms. The number of rotatable bonds is 3. The zero-order chi connectivity index (χ0) is 21.3. The Bertz CT molecular complexity index is 1270. The molecule has 150 valence electrons. The van der Waals surface area contributed by atoms with Crippen molar-refractivity contribution in [1.29, 1.82) is 0 Å². The summed E-state index contributed by atoms with van der Waals surface area (Å²) in [7, 11) is 0. The summed E-state index contributed by atoms with van der Waals surface area (Å²) in [5, 5.41) is 6.38. The standard InChI is InChI=1S/C23H18ClN3O2S/c1-13-3-10-19-20(11-13)29-22(26-19)15-6-8-17(9-7-15)25-23(30)27-21(28)16-5-4-14(2)18(24)12-16/h3-12H,1-2H3,(H2,25,27,28,30). The first-order valence-electron chi connectivity index (χ1n) is 9.25. The molecular formula is C23H18ClN3O2S. The van der Waals surface area contributed by atoms with Gasteiger partial charge in [0.2, 0.25) is 5.89 Å². The van der Waals surface area contributed by atoms with E-state index < -0.39 is 0 Å². The van der Waals surface area contributed by atoms with Gasteiger partial charge in [-0.2, -0.15) is 0 Å². The molecule has 2 N–H and O–H groups in total. The van der Waals surface area contributed by atoms with Crippen LogP contribution in [0.4, 0.5) is 5.69 Å². The second-order valence-corrected chi connectivity index (χ2v) is 7.76. The molecule has 0 fully saturated rings. The van der Waals surface area contributed by atoms with Crippen molar-refractivity contribution in [3.05, 3.63) is 82.4 Å². The first-order valence-corrected chi connectivity index (χ1v) is 10.0. The molecule has 0 unspecified atom stereocenters. The van der Waals surface area contributed by atoms with Gasteiger partial charge in [0.05, 0.1) is 0 Å². The van der Waals surface area contributed by atoms with Crippen LogP contribution in [0.2, 0.25) is 5.02 Å². The van der Waals surface area contributed by atoms with Gasteiger partial charge in [-0.15, -0.1) is 0 Å². The highest BCUT2D eigenvalue weighted by Gasteiger charge is 2.11. The molecule has 0 aliphatic carbocycles. The normalized spacial score (nSPS) is 10.8. The fourth-order valence-corrected chi connectivity index (χ4v) is 3.31. The fourth-order valence-electron chi connectivity index (χ4n) is 2.92. The number of anilines is 1. The molecule has 0 radical (unpaired) electrons. The number of benzene rings is 3. The van der Waals surface area contributed by atoms with E-state index in [9.17, 15) is 4.79 Å². The third kappa shape index (κ3) is 4.35. The van der Waals surface area contributed by atoms with Crippen LogP contribution < -0.4 is 10.6 Å². The lowest BCUT2D eigenvalue weighted by molar-refractivity contribution is 0.0977. The van der Waals surface area contributed by atoms with Gasteiger partial charge in [-0.25, -0.2) is 4.98 Å². The SMILES string of the molecule is Cc1ccc2nc(-c3ccc(NC(=S)NC(=O)c4ccc(C)c(Cl)c4)cc3)oc2c1. The van der Waals surface area contributed by atoms with Gasteiger partial charge in [0, 0.05) is 21.8 Å². The Morgan fingerprint density at radius 3 is 2.53 bits per heavy atom. The van der Waals surface area contributed by atoms with Crippen molar-refractivity contribution in [2.75, 3.05) is 5.32 Å². The fraction of sp³-hybridized carbons (Fsp3) is 0.0870. The van der Waals surface area contributed by atoms with E-state index in [1.165, 1.54) is 0 Å². The summed E-state index contributed by atoms with van der Waals surface area (Å²) in [5.74, 6) is 0.224. The number of nitrogens with one attached hydrogen (secondary N) is 2. The Kier molecular flexibility index (Phi) is 5.53. The van der Waals surface area contributed by atoms with Gasteiger partial charge in [-0.1, -0.05) is 23.7 Å². The van der Waals surface area contributed by atoms with Crippen molar-refractivity contribution in [2.24, 2.45) is 0 Å². The van der Waals surface area contributed by atoms with Crippen molar-refractivity contribution >= 4 is 51.6 Å². The molecule has 0 aliphatic rings. The van der Waals surface area contributed by atoms with Crippen molar-refractivity contribution < 1.29 is 9.21 Å². The number of halogens is 1. The number of fused-ring (bicyclic) bond motifs is 1. The average molecular weight is 436 g/mol. The van der Waals surface area contributed by atoms with Crippen LogP contribution in [0.25, 0.3) is 22.6 Å². The molecule has 3 aromatic carbocycles. The van der Waals surface area contributed by atoms with Gasteiger partial charge in [-0.05, 0) is 85.7 Å². The third-order valence-corrected chi connectivity index (χ3v) is 5.21. The minimum atomic E-state index is -0.326. The van der Waals surface area contributed by atoms with Crippen LogP contribution in [0.15, 0.2) is 65.1 Å². The smallest absolute Gasteiger partial charge is 0.257 e. The average Bonchev–Trinajstić information content (AvgIpc) is 3.13. The number of aryl methyl sites for hydroxylation is 2. The maximum Gasteiger partial charge on any atom is 0.257 e. The molecule has 30 heavy (non-hydrogen) atoms. The van der Waals surface area contributed by atoms with Gasteiger partial charge >= 0.3 is 0 Å². The molecular weight excluding hydrogens is 418 g/mol. The molecule has 1 amide bonds. The first kappa shape index (κ1) is 20.1. The molecule has 7 heteroatoms. The van der Waals surface area contributed by atoms with Gasteiger partial charge in [0.1, 0.15) is 5.52 Å². The summed E-state index contributed by atoms with van der Waals surface area (Å²) >= 11 is 11.3. The van der Waals surface area contributed by atoms with Crippen LogP contribution in [0.5, 0.6) is 0 Å².